The van der Waals surface area contributed by atoms with E-state index >= 15 is 0 Å². The van der Waals surface area contributed by atoms with Gasteiger partial charge in [-0.1, -0.05) is 35.7 Å². The van der Waals surface area contributed by atoms with Crippen LogP contribution in [0.15, 0.2) is 14.7 Å². The normalized spacial score (nSPS) is 14.5. The lowest BCUT2D eigenvalue weighted by Crippen LogP contribution is -2.21. The molecule has 0 saturated heterocycles. The Morgan fingerprint density at radius 1 is 1.50 bits per heavy atom. The van der Waals surface area contributed by atoms with Crippen molar-refractivity contribution in [3.05, 3.63) is 11.4 Å². The molecular weight excluding hydrogens is 378 g/mol. The average Bonchev–Trinajstić information content (AvgIpc) is 3.37. The molecule has 1 aliphatic heterocycles. The first kappa shape index (κ1) is 18.4. The SMILES string of the molecule is CC/C(C)=N\NC(=O)c1nnn(-c2nonc2N)c1CSC1=NCCS1. The molecule has 0 radical (unpaired) electrons. The minimum Gasteiger partial charge on any atom is -0.378 e. The number of carbonyl (C=O) groups is 1. The van der Waals surface area contributed by atoms with Crippen LogP contribution in [0.1, 0.15) is 36.5 Å². The predicted octanol–water partition coefficient (Wildman–Crippen LogP) is 1.08. The zero-order valence-corrected chi connectivity index (χ0v) is 15.8. The maximum atomic E-state index is 12.5. The standard InChI is InChI=1S/C13H17N9O2S2/c1-3-7(2)16-18-12(23)9-8(6-26-13-15-4-5-25-13)22(21-17-9)11-10(14)19-24-20-11/h3-6H2,1-2H3,(H2,14,19)(H,18,23)/b16-7-. The summed E-state index contributed by atoms with van der Waals surface area (Å²) in [5, 5.41) is 19.3. The molecule has 1 aliphatic rings. The van der Waals surface area contributed by atoms with Gasteiger partial charge < -0.3 is 5.73 Å². The molecule has 0 aromatic carbocycles. The molecule has 3 rings (SSSR count). The van der Waals surface area contributed by atoms with Crippen molar-refractivity contribution >= 4 is 45.3 Å². The summed E-state index contributed by atoms with van der Waals surface area (Å²) in [4.78, 5) is 16.9. The van der Waals surface area contributed by atoms with E-state index in [1.54, 1.807) is 11.8 Å². The van der Waals surface area contributed by atoms with Crippen molar-refractivity contribution in [3.63, 3.8) is 0 Å². The van der Waals surface area contributed by atoms with E-state index in [1.165, 1.54) is 16.4 Å². The van der Waals surface area contributed by atoms with Crippen LogP contribution in [0.5, 0.6) is 0 Å². The molecule has 0 unspecified atom stereocenters. The fraction of sp³-hybridized carbons (Fsp3) is 0.462. The van der Waals surface area contributed by atoms with Crippen molar-refractivity contribution in [3.8, 4) is 5.82 Å². The minimum absolute atomic E-state index is 0.0561. The number of anilines is 1. The Morgan fingerprint density at radius 3 is 3.00 bits per heavy atom. The van der Waals surface area contributed by atoms with Gasteiger partial charge in [-0.3, -0.25) is 9.79 Å². The highest BCUT2D eigenvalue weighted by Crippen LogP contribution is 2.27. The summed E-state index contributed by atoms with van der Waals surface area (Å²) < 4.78 is 6.93. The number of amides is 1. The molecule has 3 N–H and O–H groups in total. The highest BCUT2D eigenvalue weighted by atomic mass is 32.2. The van der Waals surface area contributed by atoms with Crippen molar-refractivity contribution in [1.82, 2.24) is 30.7 Å². The first-order valence-electron chi connectivity index (χ1n) is 7.76. The smallest absolute Gasteiger partial charge is 0.293 e. The molecule has 3 heterocycles. The average molecular weight is 395 g/mol. The summed E-state index contributed by atoms with van der Waals surface area (Å²) in [7, 11) is 0. The summed E-state index contributed by atoms with van der Waals surface area (Å²) in [5.74, 6) is 1.14. The van der Waals surface area contributed by atoms with Crippen molar-refractivity contribution in [2.24, 2.45) is 10.1 Å². The third-order valence-corrected chi connectivity index (χ3v) is 5.69. The second kappa shape index (κ2) is 8.31. The molecule has 0 aliphatic carbocycles. The monoisotopic (exact) mass is 395 g/mol. The zero-order valence-electron chi connectivity index (χ0n) is 14.2. The summed E-state index contributed by atoms with van der Waals surface area (Å²) in [6.45, 7) is 4.57. The lowest BCUT2D eigenvalue weighted by Gasteiger charge is -2.05. The Labute approximate surface area is 157 Å². The summed E-state index contributed by atoms with van der Waals surface area (Å²) >= 11 is 3.17. The van der Waals surface area contributed by atoms with Gasteiger partial charge in [-0.2, -0.15) is 9.78 Å². The Morgan fingerprint density at radius 2 is 2.35 bits per heavy atom. The van der Waals surface area contributed by atoms with Gasteiger partial charge in [0.25, 0.3) is 5.91 Å². The molecule has 0 fully saturated rings. The van der Waals surface area contributed by atoms with E-state index in [9.17, 15) is 4.79 Å². The summed E-state index contributed by atoms with van der Waals surface area (Å²) in [6, 6.07) is 0. The first-order chi connectivity index (χ1) is 12.6. The fourth-order valence-electron chi connectivity index (χ4n) is 1.93. The number of carbonyl (C=O) groups excluding carboxylic acids is 1. The maximum absolute atomic E-state index is 12.5. The third kappa shape index (κ3) is 4.04. The Hall–Kier alpha value is -2.41. The van der Waals surface area contributed by atoms with Crippen molar-refractivity contribution in [2.45, 2.75) is 26.0 Å². The number of hydrogen-bond donors (Lipinski definition) is 2. The highest BCUT2D eigenvalue weighted by molar-refractivity contribution is 8.38. The highest BCUT2D eigenvalue weighted by Gasteiger charge is 2.24. The quantitative estimate of drug-likeness (QED) is 0.541. The van der Waals surface area contributed by atoms with Crippen molar-refractivity contribution < 1.29 is 9.42 Å². The molecule has 0 atom stereocenters. The minimum atomic E-state index is -0.462. The predicted molar refractivity (Wildman–Crippen MR) is 101 cm³/mol. The number of nitrogens with zero attached hydrogens (tertiary/aromatic N) is 7. The van der Waals surface area contributed by atoms with Crippen LogP contribution < -0.4 is 11.2 Å². The number of aliphatic imine (C=N–C) groups is 1. The lowest BCUT2D eigenvalue weighted by atomic mass is 10.3. The molecule has 13 heteroatoms. The topological polar surface area (TPSA) is 149 Å². The van der Waals surface area contributed by atoms with Crippen LogP contribution in [-0.2, 0) is 5.75 Å². The van der Waals surface area contributed by atoms with E-state index in [4.69, 9.17) is 5.73 Å². The second-order valence-electron chi connectivity index (χ2n) is 5.20. The molecule has 138 valence electrons. The number of nitrogen functional groups attached to an aromatic ring is 1. The van der Waals surface area contributed by atoms with Gasteiger partial charge in [-0.25, -0.2) is 10.1 Å². The van der Waals surface area contributed by atoms with Gasteiger partial charge in [-0.15, -0.1) is 5.10 Å². The van der Waals surface area contributed by atoms with Gasteiger partial charge in [0, 0.05) is 17.2 Å². The maximum Gasteiger partial charge on any atom is 0.293 e. The Kier molecular flexibility index (Phi) is 5.88. The molecular formula is C13H17N9O2S2. The van der Waals surface area contributed by atoms with E-state index in [0.29, 0.717) is 11.4 Å². The van der Waals surface area contributed by atoms with E-state index < -0.39 is 5.91 Å². The van der Waals surface area contributed by atoms with Gasteiger partial charge in [0.1, 0.15) is 4.38 Å². The molecule has 2 aromatic heterocycles. The van der Waals surface area contributed by atoms with Gasteiger partial charge in [0.2, 0.25) is 11.6 Å². The number of hydrazone groups is 1. The van der Waals surface area contributed by atoms with Crippen LogP contribution in [0, 0.1) is 0 Å². The Balaban J connectivity index is 1.89. The number of nitrogens with two attached hydrogens (primary N) is 1. The number of thioether (sulfide) groups is 2. The van der Waals surface area contributed by atoms with E-state index in [1.807, 2.05) is 13.8 Å². The van der Waals surface area contributed by atoms with Crippen molar-refractivity contribution in [1.29, 1.82) is 0 Å². The van der Waals surface area contributed by atoms with Crippen LogP contribution in [0.3, 0.4) is 0 Å². The van der Waals surface area contributed by atoms with Gasteiger partial charge >= 0.3 is 0 Å². The molecule has 1 amide bonds. The Bertz CT molecular complexity index is 858. The summed E-state index contributed by atoms with van der Waals surface area (Å²) in [5.41, 5.74) is 9.68. The largest absolute Gasteiger partial charge is 0.378 e. The molecule has 0 spiro atoms. The van der Waals surface area contributed by atoms with Crippen LogP contribution in [-0.4, -0.2) is 53.6 Å². The van der Waals surface area contributed by atoms with Crippen LogP contribution >= 0.6 is 23.5 Å². The third-order valence-electron chi connectivity index (χ3n) is 3.42. The van der Waals surface area contributed by atoms with Crippen LogP contribution in [0.25, 0.3) is 5.82 Å². The van der Waals surface area contributed by atoms with E-state index in [-0.39, 0.29) is 17.3 Å². The fourth-order valence-corrected chi connectivity index (χ4v) is 3.93. The van der Waals surface area contributed by atoms with Gasteiger partial charge in [0.15, 0.2) is 5.69 Å². The summed E-state index contributed by atoms with van der Waals surface area (Å²) in [6.07, 6.45) is 0.730. The molecule has 0 saturated carbocycles. The number of aromatic nitrogens is 5. The van der Waals surface area contributed by atoms with E-state index in [2.05, 4.69) is 40.8 Å². The number of rotatable bonds is 6. The van der Waals surface area contributed by atoms with E-state index in [0.717, 1.165) is 28.8 Å². The molecule has 0 bridgehead atoms. The lowest BCUT2D eigenvalue weighted by molar-refractivity contribution is 0.0949. The second-order valence-corrected chi connectivity index (χ2v) is 7.50. The number of nitrogens with one attached hydrogen (secondary N) is 1. The van der Waals surface area contributed by atoms with Gasteiger partial charge in [-0.05, 0) is 23.7 Å². The van der Waals surface area contributed by atoms with Crippen molar-refractivity contribution in [2.75, 3.05) is 18.0 Å². The number of hydrogen-bond acceptors (Lipinski definition) is 11. The van der Waals surface area contributed by atoms with Crippen LogP contribution in [0.2, 0.25) is 0 Å². The molecule has 2 aromatic rings. The molecule has 26 heavy (non-hydrogen) atoms. The van der Waals surface area contributed by atoms with Crippen LogP contribution in [0.4, 0.5) is 5.82 Å². The van der Waals surface area contributed by atoms with Gasteiger partial charge in [0.05, 0.1) is 12.2 Å². The zero-order chi connectivity index (χ0) is 18.5. The first-order valence-corrected chi connectivity index (χ1v) is 9.73. The molecule has 11 nitrogen and oxygen atoms in total.